The summed E-state index contributed by atoms with van der Waals surface area (Å²) >= 11 is 0. The summed E-state index contributed by atoms with van der Waals surface area (Å²) in [7, 11) is 1.24. The van der Waals surface area contributed by atoms with Gasteiger partial charge in [0.05, 0.1) is 19.6 Å². The maximum Gasteiger partial charge on any atom is 0.328 e. The first-order valence-electron chi connectivity index (χ1n) is 10.5. The lowest BCUT2D eigenvalue weighted by Gasteiger charge is -2.21. The van der Waals surface area contributed by atoms with Gasteiger partial charge in [-0.1, -0.05) is 42.5 Å². The lowest BCUT2D eigenvalue weighted by Crippen LogP contribution is -2.52. The highest BCUT2D eigenvalue weighted by Crippen LogP contribution is 2.18. The van der Waals surface area contributed by atoms with Gasteiger partial charge in [0.1, 0.15) is 11.8 Å². The molecule has 4 N–H and O–H groups in total. The van der Waals surface area contributed by atoms with Crippen molar-refractivity contribution >= 4 is 17.8 Å². The summed E-state index contributed by atoms with van der Waals surface area (Å²) in [6.45, 7) is 2.21. The molecule has 2 aromatic carbocycles. The monoisotopic (exact) mass is 442 g/mol. The number of nitrogens with one attached hydrogen (secondary N) is 2. The van der Waals surface area contributed by atoms with Gasteiger partial charge in [0.25, 0.3) is 0 Å². The van der Waals surface area contributed by atoms with Crippen LogP contribution in [0.15, 0.2) is 48.5 Å². The zero-order valence-electron chi connectivity index (χ0n) is 18.3. The Morgan fingerprint density at radius 1 is 1.03 bits per heavy atom. The summed E-state index contributed by atoms with van der Waals surface area (Å²) in [4.78, 5) is 36.2. The minimum Gasteiger partial charge on any atom is -0.508 e. The molecule has 2 rings (SSSR count). The topological polar surface area (TPSA) is 125 Å². The number of phenols is 1. The normalized spacial score (nSPS) is 12.6. The quantitative estimate of drug-likeness (QED) is 0.293. The average Bonchev–Trinajstić information content (AvgIpc) is 2.77. The van der Waals surface area contributed by atoms with Crippen molar-refractivity contribution in [2.24, 2.45) is 0 Å². The highest BCUT2D eigenvalue weighted by Gasteiger charge is 2.27. The minimum atomic E-state index is -1.13. The molecule has 0 radical (unpaired) electrons. The van der Waals surface area contributed by atoms with E-state index in [1.54, 1.807) is 6.07 Å². The Kier molecular flexibility index (Phi) is 9.69. The molecule has 0 saturated carbocycles. The van der Waals surface area contributed by atoms with Gasteiger partial charge in [-0.05, 0) is 49.1 Å². The van der Waals surface area contributed by atoms with E-state index in [0.29, 0.717) is 19.4 Å². The van der Waals surface area contributed by atoms with Gasteiger partial charge in [-0.25, -0.2) is 4.79 Å². The Morgan fingerprint density at radius 2 is 1.75 bits per heavy atom. The number of carboxylic acid groups (broad SMARTS) is 1. The number of carbonyl (C=O) groups excluding carboxylic acids is 2. The van der Waals surface area contributed by atoms with Crippen LogP contribution in [-0.4, -0.2) is 53.8 Å². The number of carboxylic acids is 1. The van der Waals surface area contributed by atoms with Gasteiger partial charge in [0.2, 0.25) is 5.91 Å². The molecule has 0 aliphatic heterocycles. The third kappa shape index (κ3) is 8.03. The maximum absolute atomic E-state index is 12.8. The van der Waals surface area contributed by atoms with E-state index in [1.807, 2.05) is 49.4 Å². The minimum absolute atomic E-state index is 0.228. The van der Waals surface area contributed by atoms with E-state index in [0.717, 1.165) is 16.7 Å². The molecule has 0 fully saturated rings. The molecule has 2 atom stereocenters. The molecule has 8 nitrogen and oxygen atoms in total. The Bertz CT molecular complexity index is 916. The second kappa shape index (κ2) is 12.5. The third-order valence-corrected chi connectivity index (χ3v) is 5.09. The van der Waals surface area contributed by atoms with Crippen LogP contribution in [0.5, 0.6) is 5.75 Å². The van der Waals surface area contributed by atoms with E-state index < -0.39 is 36.4 Å². The van der Waals surface area contributed by atoms with E-state index in [2.05, 4.69) is 10.6 Å². The number of esters is 1. The Hall–Kier alpha value is -3.39. The van der Waals surface area contributed by atoms with Gasteiger partial charge < -0.3 is 25.6 Å². The summed E-state index contributed by atoms with van der Waals surface area (Å²) < 4.78 is 4.80. The first kappa shape index (κ1) is 24.9. The van der Waals surface area contributed by atoms with E-state index in [-0.39, 0.29) is 12.2 Å². The summed E-state index contributed by atoms with van der Waals surface area (Å²) in [6, 6.07) is 12.7. The molecule has 172 valence electrons. The molecule has 8 heteroatoms. The average molecular weight is 443 g/mol. The van der Waals surface area contributed by atoms with Crippen molar-refractivity contribution in [3.05, 3.63) is 65.2 Å². The van der Waals surface area contributed by atoms with Crippen molar-refractivity contribution in [1.82, 2.24) is 10.6 Å². The van der Waals surface area contributed by atoms with Gasteiger partial charge in [0.15, 0.2) is 0 Å². The number of amides is 1. The lowest BCUT2D eigenvalue weighted by molar-refractivity contribution is -0.145. The molecule has 0 bridgehead atoms. The zero-order valence-corrected chi connectivity index (χ0v) is 18.3. The SMILES string of the molecule is COC(=O)[C@@H](Cc1ccccc1)NC(=O)[C@@H](CC(=O)O)NCCCc1ccc(C)c(O)c1. The van der Waals surface area contributed by atoms with Crippen LogP contribution in [0, 0.1) is 6.92 Å². The number of aromatic hydroxyl groups is 1. The molecule has 0 aliphatic rings. The van der Waals surface area contributed by atoms with E-state index in [9.17, 15) is 24.6 Å². The van der Waals surface area contributed by atoms with Crippen LogP contribution < -0.4 is 10.6 Å². The predicted octanol–water partition coefficient (Wildman–Crippen LogP) is 1.97. The highest BCUT2D eigenvalue weighted by molar-refractivity contribution is 5.90. The molecular weight excluding hydrogens is 412 g/mol. The molecule has 2 aromatic rings. The van der Waals surface area contributed by atoms with E-state index >= 15 is 0 Å². The fourth-order valence-corrected chi connectivity index (χ4v) is 3.27. The molecule has 0 aromatic heterocycles. The summed E-state index contributed by atoms with van der Waals surface area (Å²) in [6.07, 6.45) is 1.10. The van der Waals surface area contributed by atoms with Gasteiger partial charge in [-0.2, -0.15) is 0 Å². The maximum atomic E-state index is 12.8. The number of ether oxygens (including phenoxy) is 1. The van der Waals surface area contributed by atoms with Crippen LogP contribution in [0.3, 0.4) is 0 Å². The predicted molar refractivity (Wildman–Crippen MR) is 119 cm³/mol. The summed E-state index contributed by atoms with van der Waals surface area (Å²) in [5.41, 5.74) is 2.58. The molecule has 0 unspecified atom stereocenters. The van der Waals surface area contributed by atoms with Crippen molar-refractivity contribution in [2.45, 2.75) is 44.7 Å². The first-order valence-corrected chi connectivity index (χ1v) is 10.5. The fraction of sp³-hybridized carbons (Fsp3) is 0.375. The van der Waals surface area contributed by atoms with Crippen molar-refractivity contribution in [1.29, 1.82) is 0 Å². The van der Waals surface area contributed by atoms with Gasteiger partial charge in [-0.15, -0.1) is 0 Å². The highest BCUT2D eigenvalue weighted by atomic mass is 16.5. The zero-order chi connectivity index (χ0) is 23.5. The largest absolute Gasteiger partial charge is 0.508 e. The van der Waals surface area contributed by atoms with Crippen LogP contribution in [0.25, 0.3) is 0 Å². The van der Waals surface area contributed by atoms with Crippen LogP contribution in [0.1, 0.15) is 29.5 Å². The van der Waals surface area contributed by atoms with Gasteiger partial charge in [0, 0.05) is 6.42 Å². The van der Waals surface area contributed by atoms with Crippen LogP contribution in [0.4, 0.5) is 0 Å². The van der Waals surface area contributed by atoms with Crippen LogP contribution >= 0.6 is 0 Å². The second-order valence-corrected chi connectivity index (χ2v) is 7.60. The smallest absolute Gasteiger partial charge is 0.328 e. The van der Waals surface area contributed by atoms with Gasteiger partial charge >= 0.3 is 11.9 Å². The number of rotatable bonds is 12. The molecule has 0 heterocycles. The Balaban J connectivity index is 1.96. The van der Waals surface area contributed by atoms with Crippen molar-refractivity contribution in [3.8, 4) is 5.75 Å². The number of aliphatic carboxylic acids is 1. The number of hydrogen-bond donors (Lipinski definition) is 4. The Morgan fingerprint density at radius 3 is 2.38 bits per heavy atom. The number of carbonyl (C=O) groups is 3. The molecular formula is C24H30N2O6. The number of phenolic OH excluding ortho intramolecular Hbond substituents is 1. The summed E-state index contributed by atoms with van der Waals surface area (Å²) in [5, 5.41) is 24.6. The molecule has 0 saturated heterocycles. The molecule has 32 heavy (non-hydrogen) atoms. The lowest BCUT2D eigenvalue weighted by atomic mass is 10.0. The first-order chi connectivity index (χ1) is 15.3. The van der Waals surface area contributed by atoms with Crippen molar-refractivity contribution in [2.75, 3.05) is 13.7 Å². The fourth-order valence-electron chi connectivity index (χ4n) is 3.27. The van der Waals surface area contributed by atoms with Crippen LogP contribution in [0.2, 0.25) is 0 Å². The number of aryl methyl sites for hydroxylation is 2. The van der Waals surface area contributed by atoms with E-state index in [4.69, 9.17) is 4.74 Å². The number of benzene rings is 2. The number of methoxy groups -OCH3 is 1. The van der Waals surface area contributed by atoms with Crippen molar-refractivity contribution < 1.29 is 29.3 Å². The standard InChI is InChI=1S/C24H30N2O6/c1-16-10-11-18(14-21(16)27)9-6-12-25-19(15-22(28)29)23(30)26-20(24(31)32-2)13-17-7-4-3-5-8-17/h3-5,7-8,10-11,14,19-20,25,27H,6,9,12-13,15H2,1-2H3,(H,26,30)(H,28,29)/t19-,20-/m1/s1. The van der Waals surface area contributed by atoms with Crippen molar-refractivity contribution in [3.63, 3.8) is 0 Å². The molecule has 1 amide bonds. The summed E-state index contributed by atoms with van der Waals surface area (Å²) in [5.74, 6) is -2.08. The third-order valence-electron chi connectivity index (χ3n) is 5.09. The molecule has 0 aliphatic carbocycles. The van der Waals surface area contributed by atoms with E-state index in [1.165, 1.54) is 7.11 Å². The van der Waals surface area contributed by atoms with Gasteiger partial charge in [-0.3, -0.25) is 9.59 Å². The molecule has 0 spiro atoms. The van der Waals surface area contributed by atoms with Crippen LogP contribution in [-0.2, 0) is 32.0 Å². The second-order valence-electron chi connectivity index (χ2n) is 7.60. The number of hydrogen-bond acceptors (Lipinski definition) is 6. The Labute approximate surface area is 187 Å².